The lowest BCUT2D eigenvalue weighted by molar-refractivity contribution is 0.0994. The van der Waals surface area contributed by atoms with Crippen molar-refractivity contribution in [2.24, 2.45) is 5.73 Å². The van der Waals surface area contributed by atoms with Crippen molar-refractivity contribution < 1.29 is 9.53 Å². The van der Waals surface area contributed by atoms with E-state index in [-0.39, 0.29) is 0 Å². The second-order valence-corrected chi connectivity index (χ2v) is 8.49. The maximum atomic E-state index is 12.4. The number of ether oxygens (including phenoxy) is 1. The van der Waals surface area contributed by atoms with Gasteiger partial charge in [0.15, 0.2) is 5.69 Å². The minimum absolute atomic E-state index is 0.355. The van der Waals surface area contributed by atoms with Gasteiger partial charge in [-0.1, -0.05) is 24.1 Å². The van der Waals surface area contributed by atoms with E-state index in [9.17, 15) is 4.79 Å². The van der Waals surface area contributed by atoms with Gasteiger partial charge in [-0.25, -0.2) is 4.52 Å². The second kappa shape index (κ2) is 9.46. The zero-order chi connectivity index (χ0) is 23.5. The van der Waals surface area contributed by atoms with Gasteiger partial charge in [0, 0.05) is 11.1 Å². The lowest BCUT2D eigenvalue weighted by Crippen LogP contribution is -2.33. The quantitative estimate of drug-likeness (QED) is 0.423. The highest BCUT2D eigenvalue weighted by Gasteiger charge is 2.27. The van der Waals surface area contributed by atoms with Gasteiger partial charge in [-0.15, -0.1) is 5.92 Å². The molecule has 4 aromatic rings. The van der Waals surface area contributed by atoms with E-state index in [1.807, 2.05) is 67.7 Å². The molecule has 3 heterocycles. The lowest BCUT2D eigenvalue weighted by atomic mass is 9.91. The molecular weight excluding hydrogens is 426 g/mol. The summed E-state index contributed by atoms with van der Waals surface area (Å²) < 4.78 is 7.54. The van der Waals surface area contributed by atoms with E-state index in [1.165, 1.54) is 0 Å². The smallest absolute Gasteiger partial charge is 0.269 e. The van der Waals surface area contributed by atoms with Crippen molar-refractivity contribution in [3.63, 3.8) is 0 Å². The summed E-state index contributed by atoms with van der Waals surface area (Å²) >= 11 is 0. The molecule has 1 aliphatic rings. The molecule has 2 aromatic carbocycles. The molecule has 1 aliphatic heterocycles. The lowest BCUT2D eigenvalue weighted by Gasteiger charge is -2.30. The number of amides is 1. The fourth-order valence-electron chi connectivity index (χ4n) is 4.58. The molecular formula is C27H27N5O2. The number of imidazole rings is 1. The van der Waals surface area contributed by atoms with Crippen LogP contribution in [0.5, 0.6) is 11.5 Å². The molecule has 0 aliphatic carbocycles. The number of rotatable bonds is 6. The van der Waals surface area contributed by atoms with Crippen LogP contribution in [0.2, 0.25) is 0 Å². The monoisotopic (exact) mass is 453 g/mol. The number of piperidine rings is 1. The van der Waals surface area contributed by atoms with Crippen molar-refractivity contribution in [1.29, 1.82) is 0 Å². The average Bonchev–Trinajstić information content (AvgIpc) is 3.44. The fourth-order valence-corrected chi connectivity index (χ4v) is 4.58. The summed E-state index contributed by atoms with van der Waals surface area (Å²) in [4.78, 5) is 18.2. The van der Waals surface area contributed by atoms with Crippen LogP contribution >= 0.6 is 0 Å². The zero-order valence-corrected chi connectivity index (χ0v) is 19.1. The number of hydrogen-bond donors (Lipinski definition) is 2. The Labute approximate surface area is 198 Å². The minimum Gasteiger partial charge on any atom is -0.457 e. The number of nitrogens with two attached hydrogens (primary N) is 1. The summed E-state index contributed by atoms with van der Waals surface area (Å²) in [6.07, 6.45) is 3.92. The van der Waals surface area contributed by atoms with Crippen LogP contribution in [0.15, 0.2) is 60.8 Å². The van der Waals surface area contributed by atoms with Crippen LogP contribution < -0.4 is 10.5 Å². The number of benzene rings is 2. The number of carbonyl (C=O) groups is 1. The SMILES string of the molecule is CC#CCN1CCC(c2cnn3c(C(N)=O)c(-c4ccc(Oc5ccccc5)cc4)[nH]c23)CC1. The van der Waals surface area contributed by atoms with Crippen LogP contribution in [0, 0.1) is 11.8 Å². The van der Waals surface area contributed by atoms with E-state index in [0.717, 1.165) is 55.0 Å². The van der Waals surface area contributed by atoms with Gasteiger partial charge in [0.1, 0.15) is 17.1 Å². The Morgan fingerprint density at radius 3 is 2.50 bits per heavy atom. The maximum absolute atomic E-state index is 12.4. The molecule has 3 N–H and O–H groups in total. The maximum Gasteiger partial charge on any atom is 0.269 e. The molecule has 5 rings (SSSR count). The van der Waals surface area contributed by atoms with E-state index in [0.29, 0.717) is 23.1 Å². The third kappa shape index (κ3) is 4.28. The zero-order valence-electron chi connectivity index (χ0n) is 19.1. The van der Waals surface area contributed by atoms with Crippen LogP contribution in [0.3, 0.4) is 0 Å². The highest BCUT2D eigenvalue weighted by atomic mass is 16.5. The molecule has 7 heteroatoms. The fraction of sp³-hybridized carbons (Fsp3) is 0.259. The number of H-pyrrole nitrogens is 1. The van der Waals surface area contributed by atoms with Gasteiger partial charge in [0.25, 0.3) is 5.91 Å². The van der Waals surface area contributed by atoms with Gasteiger partial charge in [-0.05, 0) is 75.2 Å². The molecule has 1 saturated heterocycles. The molecule has 0 unspecified atom stereocenters. The van der Waals surface area contributed by atoms with Crippen molar-refractivity contribution in [2.75, 3.05) is 19.6 Å². The first-order chi connectivity index (χ1) is 16.6. The summed E-state index contributed by atoms with van der Waals surface area (Å²) in [7, 11) is 0. The molecule has 172 valence electrons. The normalized spacial score (nSPS) is 14.6. The van der Waals surface area contributed by atoms with Gasteiger partial charge in [0.05, 0.1) is 18.4 Å². The Bertz CT molecular complexity index is 1350. The van der Waals surface area contributed by atoms with E-state index < -0.39 is 5.91 Å². The number of nitrogens with zero attached hydrogens (tertiary/aromatic N) is 3. The first-order valence-corrected chi connectivity index (χ1v) is 11.5. The Morgan fingerprint density at radius 2 is 1.82 bits per heavy atom. The Kier molecular flexibility index (Phi) is 6.07. The average molecular weight is 454 g/mol. The van der Waals surface area contributed by atoms with Crippen LogP contribution in [0.25, 0.3) is 16.9 Å². The van der Waals surface area contributed by atoms with Crippen molar-refractivity contribution >= 4 is 11.6 Å². The van der Waals surface area contributed by atoms with Gasteiger partial charge in [-0.2, -0.15) is 5.10 Å². The van der Waals surface area contributed by atoms with Gasteiger partial charge in [-0.3, -0.25) is 9.69 Å². The third-order valence-corrected chi connectivity index (χ3v) is 6.35. The van der Waals surface area contributed by atoms with E-state index in [4.69, 9.17) is 10.5 Å². The second-order valence-electron chi connectivity index (χ2n) is 8.49. The molecule has 0 bridgehead atoms. The van der Waals surface area contributed by atoms with Crippen molar-refractivity contribution in [2.45, 2.75) is 25.7 Å². The largest absolute Gasteiger partial charge is 0.457 e. The molecule has 0 radical (unpaired) electrons. The Morgan fingerprint density at radius 1 is 1.12 bits per heavy atom. The molecule has 2 aromatic heterocycles. The van der Waals surface area contributed by atoms with Gasteiger partial charge < -0.3 is 15.5 Å². The predicted molar refractivity (Wildman–Crippen MR) is 132 cm³/mol. The number of aromatic nitrogens is 3. The summed E-state index contributed by atoms with van der Waals surface area (Å²) in [6, 6.07) is 17.2. The summed E-state index contributed by atoms with van der Waals surface area (Å²) in [5, 5.41) is 4.53. The van der Waals surface area contributed by atoms with Crippen LogP contribution in [-0.4, -0.2) is 45.0 Å². The topological polar surface area (TPSA) is 88.7 Å². The number of aromatic amines is 1. The molecule has 0 spiro atoms. The van der Waals surface area contributed by atoms with Gasteiger partial charge >= 0.3 is 0 Å². The number of hydrogen-bond acceptors (Lipinski definition) is 4. The Balaban J connectivity index is 1.42. The van der Waals surface area contributed by atoms with E-state index in [1.54, 1.807) is 4.52 Å². The molecule has 1 amide bonds. The minimum atomic E-state index is -0.520. The van der Waals surface area contributed by atoms with Crippen LogP contribution in [0.4, 0.5) is 0 Å². The van der Waals surface area contributed by atoms with E-state index in [2.05, 4.69) is 26.8 Å². The summed E-state index contributed by atoms with van der Waals surface area (Å²) in [5.41, 5.74) is 9.61. The van der Waals surface area contributed by atoms with E-state index >= 15 is 0 Å². The molecule has 7 nitrogen and oxygen atoms in total. The number of para-hydroxylation sites is 1. The Hall–Kier alpha value is -4.02. The first-order valence-electron chi connectivity index (χ1n) is 11.5. The van der Waals surface area contributed by atoms with Gasteiger partial charge in [0.2, 0.25) is 0 Å². The predicted octanol–water partition coefficient (Wildman–Crippen LogP) is 4.42. The number of fused-ring (bicyclic) bond motifs is 1. The van der Waals surface area contributed by atoms with Crippen molar-refractivity contribution in [3.8, 4) is 34.6 Å². The third-order valence-electron chi connectivity index (χ3n) is 6.35. The number of likely N-dealkylation sites (tertiary alicyclic amines) is 1. The van der Waals surface area contributed by atoms with Crippen molar-refractivity contribution in [1.82, 2.24) is 19.5 Å². The molecule has 1 fully saturated rings. The standard InChI is InChI=1S/C27H27N5O2/c1-2-3-15-31-16-13-19(14-17-31)23-18-29-32-25(26(28)33)24(30-27(23)32)20-9-11-22(12-10-20)34-21-7-5-4-6-8-21/h4-12,18-19,30H,13-17H2,1H3,(H2,28,33). The number of primary amides is 1. The first kappa shape index (κ1) is 21.8. The molecule has 34 heavy (non-hydrogen) atoms. The number of carbonyl (C=O) groups excluding carboxylic acids is 1. The van der Waals surface area contributed by atoms with Crippen LogP contribution in [-0.2, 0) is 0 Å². The molecule has 0 atom stereocenters. The van der Waals surface area contributed by atoms with Crippen LogP contribution in [0.1, 0.15) is 41.7 Å². The van der Waals surface area contributed by atoms with Crippen molar-refractivity contribution in [3.05, 3.63) is 72.1 Å². The molecule has 0 saturated carbocycles. The number of nitrogens with one attached hydrogen (secondary N) is 1. The summed E-state index contributed by atoms with van der Waals surface area (Å²) in [5.74, 6) is 7.45. The highest BCUT2D eigenvalue weighted by Crippen LogP contribution is 2.34. The summed E-state index contributed by atoms with van der Waals surface area (Å²) in [6.45, 7) is 4.68. The highest BCUT2D eigenvalue weighted by molar-refractivity contribution is 5.98.